The van der Waals surface area contributed by atoms with Crippen LogP contribution in [0, 0.1) is 0 Å². The van der Waals surface area contributed by atoms with Crippen LogP contribution in [0.15, 0.2) is 24.3 Å². The molecule has 0 atom stereocenters. The fourth-order valence-electron chi connectivity index (χ4n) is 1.09. The van der Waals surface area contributed by atoms with Gasteiger partial charge < -0.3 is 14.3 Å². The number of esters is 1. The molecule has 0 saturated heterocycles. The number of ether oxygens (including phenoxy) is 1. The molecule has 0 aliphatic carbocycles. The summed E-state index contributed by atoms with van der Waals surface area (Å²) in [6.45, 7) is 1.16. The number of phenols is 1. The maximum absolute atomic E-state index is 11.5. The molecule has 0 aliphatic rings. The lowest BCUT2D eigenvalue weighted by Gasteiger charge is -2.23. The minimum Gasteiger partial charge on any atom is -0.508 e. The average molecular weight is 224 g/mol. The third-order valence-electron chi connectivity index (χ3n) is 2.10. The molecule has 0 bridgehead atoms. The van der Waals surface area contributed by atoms with E-state index < -0.39 is 0 Å². The summed E-state index contributed by atoms with van der Waals surface area (Å²) in [4.78, 5) is 11.5. The molecule has 1 aromatic carbocycles. The molecule has 0 radical (unpaired) electrons. The van der Waals surface area contributed by atoms with E-state index in [9.17, 15) is 4.79 Å². The first-order valence-corrected chi connectivity index (χ1v) is 5.15. The highest BCUT2D eigenvalue weighted by Crippen LogP contribution is 2.10. The van der Waals surface area contributed by atoms with E-state index in [1.807, 2.05) is 21.1 Å². The minimum absolute atomic E-state index is 0.142. The van der Waals surface area contributed by atoms with Crippen LogP contribution in [-0.4, -0.2) is 49.9 Å². The predicted octanol–water partition coefficient (Wildman–Crippen LogP) is 1.26. The molecule has 0 aromatic heterocycles. The number of hydrogen-bond donors (Lipinski definition) is 1. The quantitative estimate of drug-likeness (QED) is 0.618. The molecule has 4 heteroatoms. The molecule has 0 amide bonds. The van der Waals surface area contributed by atoms with E-state index in [1.54, 1.807) is 12.1 Å². The standard InChI is InChI=1S/C12H17NO3/c1-13(2,3)8-9-16-12(15)10-4-6-11(14)7-5-10/h4-7H,8-9H2,1-3H3/p+1. The fraction of sp³-hybridized carbons (Fsp3) is 0.417. The van der Waals surface area contributed by atoms with Crippen LogP contribution in [0.4, 0.5) is 0 Å². The summed E-state index contributed by atoms with van der Waals surface area (Å²) in [6, 6.07) is 6.03. The predicted molar refractivity (Wildman–Crippen MR) is 61.3 cm³/mol. The van der Waals surface area contributed by atoms with Crippen LogP contribution in [0.5, 0.6) is 5.75 Å². The third-order valence-corrected chi connectivity index (χ3v) is 2.10. The van der Waals surface area contributed by atoms with Gasteiger partial charge in [0.15, 0.2) is 0 Å². The van der Waals surface area contributed by atoms with Gasteiger partial charge in [-0.25, -0.2) is 4.79 Å². The molecule has 1 aromatic rings. The van der Waals surface area contributed by atoms with Crippen molar-refractivity contribution in [1.82, 2.24) is 0 Å². The summed E-state index contributed by atoms with van der Waals surface area (Å²) in [7, 11) is 6.11. The van der Waals surface area contributed by atoms with Gasteiger partial charge in [0.25, 0.3) is 0 Å². The normalized spacial score (nSPS) is 11.2. The number of quaternary nitrogens is 1. The van der Waals surface area contributed by atoms with E-state index in [1.165, 1.54) is 12.1 Å². The van der Waals surface area contributed by atoms with Gasteiger partial charge in [0, 0.05) is 0 Å². The SMILES string of the molecule is C[N+](C)(C)CCOC(=O)c1ccc(O)cc1. The van der Waals surface area contributed by atoms with Crippen LogP contribution in [0.3, 0.4) is 0 Å². The number of phenolic OH excluding ortho intramolecular Hbond substituents is 1. The van der Waals surface area contributed by atoms with Gasteiger partial charge in [0.05, 0.1) is 26.7 Å². The number of carbonyl (C=O) groups excluding carboxylic acids is 1. The lowest BCUT2D eigenvalue weighted by molar-refractivity contribution is -0.870. The molecule has 0 aliphatic heterocycles. The first kappa shape index (κ1) is 12.5. The second kappa shape index (κ2) is 4.99. The van der Waals surface area contributed by atoms with E-state index >= 15 is 0 Å². The van der Waals surface area contributed by atoms with Crippen molar-refractivity contribution in [3.05, 3.63) is 29.8 Å². The Bertz CT molecular complexity index is 352. The largest absolute Gasteiger partial charge is 0.508 e. The van der Waals surface area contributed by atoms with Gasteiger partial charge >= 0.3 is 5.97 Å². The highest BCUT2D eigenvalue weighted by molar-refractivity contribution is 5.89. The van der Waals surface area contributed by atoms with Crippen molar-refractivity contribution in [1.29, 1.82) is 0 Å². The van der Waals surface area contributed by atoms with Crippen molar-refractivity contribution >= 4 is 5.97 Å². The Morgan fingerprint density at radius 2 is 1.81 bits per heavy atom. The number of carbonyl (C=O) groups is 1. The summed E-state index contributed by atoms with van der Waals surface area (Å²) < 4.78 is 5.86. The summed E-state index contributed by atoms with van der Waals surface area (Å²) >= 11 is 0. The molecule has 1 N–H and O–H groups in total. The zero-order valence-corrected chi connectivity index (χ0v) is 9.93. The first-order valence-electron chi connectivity index (χ1n) is 5.15. The van der Waals surface area contributed by atoms with Gasteiger partial charge in [0.1, 0.15) is 18.9 Å². The number of nitrogens with zero attached hydrogens (tertiary/aromatic N) is 1. The lowest BCUT2D eigenvalue weighted by Crippen LogP contribution is -2.38. The molecule has 4 nitrogen and oxygen atoms in total. The van der Waals surface area contributed by atoms with E-state index in [0.29, 0.717) is 12.2 Å². The summed E-state index contributed by atoms with van der Waals surface area (Å²) in [6.07, 6.45) is 0. The zero-order chi connectivity index (χ0) is 12.2. The van der Waals surface area contributed by atoms with Gasteiger partial charge in [-0.05, 0) is 24.3 Å². The maximum Gasteiger partial charge on any atom is 0.338 e. The minimum atomic E-state index is -0.353. The summed E-state index contributed by atoms with van der Waals surface area (Å²) in [5.41, 5.74) is 0.458. The zero-order valence-electron chi connectivity index (χ0n) is 9.93. The van der Waals surface area contributed by atoms with Crippen LogP contribution < -0.4 is 0 Å². The van der Waals surface area contributed by atoms with Crippen molar-refractivity contribution in [2.45, 2.75) is 0 Å². The second-order valence-electron chi connectivity index (χ2n) is 4.70. The fourth-order valence-corrected chi connectivity index (χ4v) is 1.09. The summed E-state index contributed by atoms with van der Waals surface area (Å²) in [5, 5.41) is 9.07. The Kier molecular flexibility index (Phi) is 3.90. The van der Waals surface area contributed by atoms with Crippen LogP contribution in [0.2, 0.25) is 0 Å². The van der Waals surface area contributed by atoms with Crippen LogP contribution in [-0.2, 0) is 4.74 Å². The van der Waals surface area contributed by atoms with Crippen molar-refractivity contribution in [2.75, 3.05) is 34.3 Å². The molecule has 0 spiro atoms. The monoisotopic (exact) mass is 224 g/mol. The molecular weight excluding hydrogens is 206 g/mol. The van der Waals surface area contributed by atoms with Crippen molar-refractivity contribution in [3.63, 3.8) is 0 Å². The highest BCUT2D eigenvalue weighted by atomic mass is 16.5. The van der Waals surface area contributed by atoms with Crippen LogP contribution >= 0.6 is 0 Å². The molecule has 0 heterocycles. The topological polar surface area (TPSA) is 46.5 Å². The molecule has 88 valence electrons. The lowest BCUT2D eigenvalue weighted by atomic mass is 10.2. The summed E-state index contributed by atoms with van der Waals surface area (Å²) in [5.74, 6) is -0.212. The Hall–Kier alpha value is -1.55. The molecule has 1 rings (SSSR count). The van der Waals surface area contributed by atoms with E-state index in [-0.39, 0.29) is 11.7 Å². The van der Waals surface area contributed by atoms with E-state index in [2.05, 4.69) is 0 Å². The Morgan fingerprint density at radius 1 is 1.25 bits per heavy atom. The van der Waals surface area contributed by atoms with Gasteiger partial charge in [-0.15, -0.1) is 0 Å². The Labute approximate surface area is 95.7 Å². The van der Waals surface area contributed by atoms with Crippen LogP contribution in [0.1, 0.15) is 10.4 Å². The number of likely N-dealkylation sites (N-methyl/N-ethyl adjacent to an activating group) is 1. The average Bonchev–Trinajstić information content (AvgIpc) is 2.16. The molecule has 0 fully saturated rings. The van der Waals surface area contributed by atoms with Gasteiger partial charge in [-0.2, -0.15) is 0 Å². The van der Waals surface area contributed by atoms with Crippen LogP contribution in [0.25, 0.3) is 0 Å². The van der Waals surface area contributed by atoms with E-state index in [4.69, 9.17) is 9.84 Å². The molecule has 0 unspecified atom stereocenters. The first-order chi connectivity index (χ1) is 7.38. The second-order valence-corrected chi connectivity index (χ2v) is 4.70. The Balaban J connectivity index is 2.44. The maximum atomic E-state index is 11.5. The molecular formula is C12H18NO3+. The van der Waals surface area contributed by atoms with Crippen molar-refractivity contribution in [2.24, 2.45) is 0 Å². The van der Waals surface area contributed by atoms with Gasteiger partial charge in [-0.1, -0.05) is 0 Å². The van der Waals surface area contributed by atoms with Gasteiger partial charge in [-0.3, -0.25) is 0 Å². The van der Waals surface area contributed by atoms with Crippen molar-refractivity contribution in [3.8, 4) is 5.75 Å². The highest BCUT2D eigenvalue weighted by Gasteiger charge is 2.10. The smallest absolute Gasteiger partial charge is 0.338 e. The van der Waals surface area contributed by atoms with E-state index in [0.717, 1.165) is 11.0 Å². The number of rotatable bonds is 4. The molecule has 0 saturated carbocycles. The Morgan fingerprint density at radius 3 is 2.31 bits per heavy atom. The number of hydrogen-bond acceptors (Lipinski definition) is 3. The number of aromatic hydroxyl groups is 1. The third kappa shape index (κ3) is 4.31. The molecule has 16 heavy (non-hydrogen) atoms. The van der Waals surface area contributed by atoms with Crippen molar-refractivity contribution < 1.29 is 19.1 Å². The van der Waals surface area contributed by atoms with Gasteiger partial charge in [0.2, 0.25) is 0 Å². The number of benzene rings is 1.